The number of carbonyl (C=O) groups excluding carboxylic acids is 2. The van der Waals surface area contributed by atoms with Crippen molar-refractivity contribution in [1.29, 1.82) is 0 Å². The molecule has 0 aromatic heterocycles. The first-order chi connectivity index (χ1) is 12.1. The molecule has 0 atom stereocenters. The fourth-order valence-electron chi connectivity index (χ4n) is 3.23. The lowest BCUT2D eigenvalue weighted by Crippen LogP contribution is -2.43. The van der Waals surface area contributed by atoms with E-state index in [-0.39, 0.29) is 11.8 Å². The molecule has 0 bridgehead atoms. The smallest absolute Gasteiger partial charge is 0.234 e. The monoisotopic (exact) mass is 347 g/mol. The van der Waals surface area contributed by atoms with Crippen molar-refractivity contribution in [3.05, 3.63) is 29.8 Å². The van der Waals surface area contributed by atoms with Gasteiger partial charge in [-0.15, -0.1) is 0 Å². The van der Waals surface area contributed by atoms with Crippen LogP contribution in [-0.4, -0.2) is 56.5 Å². The van der Waals surface area contributed by atoms with Gasteiger partial charge in [-0.2, -0.15) is 0 Å². The van der Waals surface area contributed by atoms with Gasteiger partial charge in [-0.05, 0) is 49.9 Å². The molecule has 138 valence electrons. The number of benzene rings is 1. The number of nitrogens with zero attached hydrogens (tertiary/aromatic N) is 1. The number of carbonyl (C=O) groups is 2. The minimum atomic E-state index is -0.0774. The highest BCUT2D eigenvalue weighted by Gasteiger charge is 2.21. The quantitative estimate of drug-likeness (QED) is 0.694. The molecule has 0 aliphatic carbocycles. The molecule has 2 amide bonds. The highest BCUT2D eigenvalue weighted by Crippen LogP contribution is 2.26. The van der Waals surface area contributed by atoms with E-state index in [2.05, 4.69) is 27.7 Å². The van der Waals surface area contributed by atoms with Crippen molar-refractivity contribution in [3.8, 4) is 5.75 Å². The summed E-state index contributed by atoms with van der Waals surface area (Å²) in [6, 6.07) is 8.19. The van der Waals surface area contributed by atoms with E-state index in [1.165, 1.54) is 12.5 Å². The van der Waals surface area contributed by atoms with E-state index in [9.17, 15) is 9.59 Å². The molecule has 1 aromatic carbocycles. The second-order valence-corrected chi connectivity index (χ2v) is 6.57. The summed E-state index contributed by atoms with van der Waals surface area (Å²) in [5.41, 5.74) is 1.26. The van der Waals surface area contributed by atoms with Crippen LogP contribution < -0.4 is 15.4 Å². The summed E-state index contributed by atoms with van der Waals surface area (Å²) >= 11 is 0. The molecule has 6 nitrogen and oxygen atoms in total. The van der Waals surface area contributed by atoms with Gasteiger partial charge in [0, 0.05) is 20.0 Å². The molecule has 1 saturated heterocycles. The molecule has 2 rings (SSSR count). The van der Waals surface area contributed by atoms with Gasteiger partial charge >= 0.3 is 0 Å². The maximum atomic E-state index is 11.9. The van der Waals surface area contributed by atoms with E-state index in [4.69, 9.17) is 4.74 Å². The molecule has 1 aliphatic heterocycles. The number of ether oxygens (including phenoxy) is 1. The van der Waals surface area contributed by atoms with E-state index in [0.29, 0.717) is 25.6 Å². The molecule has 0 spiro atoms. The van der Waals surface area contributed by atoms with E-state index < -0.39 is 0 Å². The number of amides is 2. The molecule has 1 fully saturated rings. The van der Waals surface area contributed by atoms with E-state index in [0.717, 1.165) is 38.1 Å². The van der Waals surface area contributed by atoms with Gasteiger partial charge in [0.1, 0.15) is 5.75 Å². The molecule has 1 heterocycles. The Bertz CT molecular complexity index is 569. The summed E-state index contributed by atoms with van der Waals surface area (Å²) in [6.07, 6.45) is 3.22. The number of methoxy groups -OCH3 is 1. The Kier molecular flexibility index (Phi) is 7.73. The number of rotatable bonds is 8. The Morgan fingerprint density at radius 2 is 1.84 bits per heavy atom. The summed E-state index contributed by atoms with van der Waals surface area (Å²) in [4.78, 5) is 24.9. The molecule has 0 unspecified atom stereocenters. The lowest BCUT2D eigenvalue weighted by molar-refractivity contribution is -0.123. The summed E-state index contributed by atoms with van der Waals surface area (Å²) < 4.78 is 5.43. The topological polar surface area (TPSA) is 70.7 Å². The number of nitrogens with one attached hydrogen (secondary N) is 2. The van der Waals surface area contributed by atoms with Crippen LogP contribution >= 0.6 is 0 Å². The molecule has 1 aromatic rings. The minimum absolute atomic E-state index is 0.0218. The molecule has 6 heteroatoms. The fraction of sp³-hybridized carbons (Fsp3) is 0.579. The predicted molar refractivity (Wildman–Crippen MR) is 97.6 cm³/mol. The molecule has 0 saturated carbocycles. The highest BCUT2D eigenvalue weighted by molar-refractivity contribution is 5.78. The van der Waals surface area contributed by atoms with Crippen molar-refractivity contribution in [2.24, 2.45) is 5.92 Å². The van der Waals surface area contributed by atoms with Crippen molar-refractivity contribution < 1.29 is 14.3 Å². The van der Waals surface area contributed by atoms with Gasteiger partial charge in [0.15, 0.2) is 0 Å². The fourth-order valence-corrected chi connectivity index (χ4v) is 3.23. The highest BCUT2D eigenvalue weighted by atomic mass is 16.5. The van der Waals surface area contributed by atoms with Gasteiger partial charge in [0.05, 0.1) is 13.7 Å². The first-order valence-electron chi connectivity index (χ1n) is 8.94. The Balaban J connectivity index is 1.67. The van der Waals surface area contributed by atoms with Crippen molar-refractivity contribution in [1.82, 2.24) is 15.5 Å². The third-order valence-corrected chi connectivity index (χ3v) is 4.60. The standard InChI is InChI=1S/C19H29N3O3/c1-15(23)20-9-10-21-19(24)14-22-11-7-16(8-12-22)13-17-5-3-4-6-18(17)25-2/h3-6,16H,7-14H2,1-2H3,(H,20,23)(H,21,24). The predicted octanol–water partition coefficient (Wildman–Crippen LogP) is 1.20. The average molecular weight is 347 g/mol. The Morgan fingerprint density at radius 3 is 2.52 bits per heavy atom. The Hall–Kier alpha value is -2.08. The van der Waals surface area contributed by atoms with Crippen LogP contribution in [0.15, 0.2) is 24.3 Å². The van der Waals surface area contributed by atoms with Gasteiger partial charge in [0.25, 0.3) is 0 Å². The second-order valence-electron chi connectivity index (χ2n) is 6.57. The number of hydrogen-bond acceptors (Lipinski definition) is 4. The molecular formula is C19H29N3O3. The first kappa shape index (κ1) is 19.2. The number of likely N-dealkylation sites (tertiary alicyclic amines) is 1. The van der Waals surface area contributed by atoms with Gasteiger partial charge in [-0.3, -0.25) is 14.5 Å². The third-order valence-electron chi connectivity index (χ3n) is 4.60. The first-order valence-corrected chi connectivity index (χ1v) is 8.94. The maximum Gasteiger partial charge on any atom is 0.234 e. The largest absolute Gasteiger partial charge is 0.496 e. The Morgan fingerprint density at radius 1 is 1.16 bits per heavy atom. The molecule has 1 aliphatic rings. The summed E-state index contributed by atoms with van der Waals surface area (Å²) in [5.74, 6) is 1.54. The number of piperidine rings is 1. The zero-order valence-corrected chi connectivity index (χ0v) is 15.2. The van der Waals surface area contributed by atoms with Crippen molar-refractivity contribution in [3.63, 3.8) is 0 Å². The van der Waals surface area contributed by atoms with Crippen LogP contribution in [0.4, 0.5) is 0 Å². The van der Waals surface area contributed by atoms with Gasteiger partial charge in [0.2, 0.25) is 11.8 Å². The average Bonchev–Trinajstić information content (AvgIpc) is 2.61. The number of hydrogen-bond donors (Lipinski definition) is 2. The van der Waals surface area contributed by atoms with Gasteiger partial charge in [-0.1, -0.05) is 18.2 Å². The number of para-hydroxylation sites is 1. The van der Waals surface area contributed by atoms with Gasteiger partial charge < -0.3 is 15.4 Å². The summed E-state index contributed by atoms with van der Waals surface area (Å²) in [6.45, 7) is 4.74. The zero-order valence-electron chi connectivity index (χ0n) is 15.2. The van der Waals surface area contributed by atoms with Crippen LogP contribution in [0.1, 0.15) is 25.3 Å². The van der Waals surface area contributed by atoms with E-state index in [1.54, 1.807) is 7.11 Å². The molecule has 0 radical (unpaired) electrons. The molecule has 2 N–H and O–H groups in total. The van der Waals surface area contributed by atoms with Crippen LogP contribution in [-0.2, 0) is 16.0 Å². The minimum Gasteiger partial charge on any atom is -0.496 e. The SMILES string of the molecule is COc1ccccc1CC1CCN(CC(=O)NCCNC(C)=O)CC1. The normalized spacial score (nSPS) is 15.6. The molecule has 25 heavy (non-hydrogen) atoms. The third kappa shape index (κ3) is 6.74. The zero-order chi connectivity index (χ0) is 18.1. The molecular weight excluding hydrogens is 318 g/mol. The summed E-state index contributed by atoms with van der Waals surface area (Å²) in [7, 11) is 1.71. The van der Waals surface area contributed by atoms with Crippen LogP contribution in [0.3, 0.4) is 0 Å². The summed E-state index contributed by atoms with van der Waals surface area (Å²) in [5, 5.41) is 5.50. The lowest BCUT2D eigenvalue weighted by Gasteiger charge is -2.31. The van der Waals surface area contributed by atoms with Crippen LogP contribution in [0.2, 0.25) is 0 Å². The van der Waals surface area contributed by atoms with Crippen molar-refractivity contribution in [2.45, 2.75) is 26.2 Å². The maximum absolute atomic E-state index is 11.9. The van der Waals surface area contributed by atoms with E-state index >= 15 is 0 Å². The second kappa shape index (κ2) is 10.0. The lowest BCUT2D eigenvalue weighted by atomic mass is 9.90. The Labute approximate surface area is 149 Å². The van der Waals surface area contributed by atoms with Crippen molar-refractivity contribution in [2.75, 3.05) is 39.8 Å². The van der Waals surface area contributed by atoms with Crippen LogP contribution in [0.25, 0.3) is 0 Å². The van der Waals surface area contributed by atoms with Crippen LogP contribution in [0, 0.1) is 5.92 Å². The van der Waals surface area contributed by atoms with Crippen molar-refractivity contribution >= 4 is 11.8 Å². The van der Waals surface area contributed by atoms with Crippen LogP contribution in [0.5, 0.6) is 5.75 Å². The van der Waals surface area contributed by atoms with Gasteiger partial charge in [-0.25, -0.2) is 0 Å². The van der Waals surface area contributed by atoms with E-state index in [1.807, 2.05) is 12.1 Å².